The van der Waals surface area contributed by atoms with Crippen LogP contribution in [0.1, 0.15) is 26.3 Å². The van der Waals surface area contributed by atoms with E-state index in [0.29, 0.717) is 33.7 Å². The standard InChI is InChI=1S/C24H29Cl2N3O6S/c1-15(2)11-27-24(31)16(3)28(12-18-19(25)6-5-7-20(18)26)23(30)13-29(36(4,32)33)17-8-9-21-22(10-17)35-14-34-21/h5-10,15-16H,11-14H2,1-4H3,(H,27,31). The third-order valence-electron chi connectivity index (χ3n) is 5.57. The number of carbonyl (C=O) groups is 2. The molecule has 1 N–H and O–H groups in total. The predicted octanol–water partition coefficient (Wildman–Crippen LogP) is 3.68. The predicted molar refractivity (Wildman–Crippen MR) is 139 cm³/mol. The van der Waals surface area contributed by atoms with E-state index in [2.05, 4.69) is 5.32 Å². The summed E-state index contributed by atoms with van der Waals surface area (Å²) in [6.45, 7) is 5.27. The van der Waals surface area contributed by atoms with Crippen LogP contribution in [0.5, 0.6) is 11.5 Å². The average molecular weight is 558 g/mol. The number of hydrogen-bond donors (Lipinski definition) is 1. The Morgan fingerprint density at radius 3 is 2.31 bits per heavy atom. The van der Waals surface area contributed by atoms with E-state index in [1.165, 1.54) is 17.0 Å². The first-order valence-corrected chi connectivity index (χ1v) is 13.9. The Labute approximate surface area is 221 Å². The molecule has 0 radical (unpaired) electrons. The molecule has 0 aliphatic carbocycles. The van der Waals surface area contributed by atoms with Gasteiger partial charge in [0.1, 0.15) is 12.6 Å². The summed E-state index contributed by atoms with van der Waals surface area (Å²) >= 11 is 12.7. The molecule has 1 unspecified atom stereocenters. The maximum atomic E-state index is 13.6. The van der Waals surface area contributed by atoms with Crippen molar-refractivity contribution >= 4 is 50.7 Å². The maximum absolute atomic E-state index is 13.6. The summed E-state index contributed by atoms with van der Waals surface area (Å²) in [5.41, 5.74) is 0.675. The van der Waals surface area contributed by atoms with E-state index in [1.807, 2.05) is 13.8 Å². The second kappa shape index (κ2) is 11.6. The summed E-state index contributed by atoms with van der Waals surface area (Å²) in [6, 6.07) is 8.59. The number of fused-ring (bicyclic) bond motifs is 1. The lowest BCUT2D eigenvalue weighted by Crippen LogP contribution is -2.51. The van der Waals surface area contributed by atoms with Crippen molar-refractivity contribution in [2.45, 2.75) is 33.4 Å². The van der Waals surface area contributed by atoms with Gasteiger partial charge in [-0.2, -0.15) is 0 Å². The summed E-state index contributed by atoms with van der Waals surface area (Å²) in [7, 11) is -3.88. The van der Waals surface area contributed by atoms with Gasteiger partial charge < -0.3 is 19.7 Å². The largest absolute Gasteiger partial charge is 0.454 e. The van der Waals surface area contributed by atoms with Crippen LogP contribution in [0, 0.1) is 5.92 Å². The Morgan fingerprint density at radius 1 is 1.06 bits per heavy atom. The van der Waals surface area contributed by atoms with Gasteiger partial charge in [-0.15, -0.1) is 0 Å². The number of nitrogens with one attached hydrogen (secondary N) is 1. The Morgan fingerprint density at radius 2 is 1.69 bits per heavy atom. The fourth-order valence-corrected chi connectivity index (χ4v) is 4.90. The molecule has 0 saturated heterocycles. The summed E-state index contributed by atoms with van der Waals surface area (Å²) in [6.07, 6.45) is 0.999. The average Bonchev–Trinajstić information content (AvgIpc) is 3.27. The van der Waals surface area contributed by atoms with Crippen LogP contribution in [0.25, 0.3) is 0 Å². The SMILES string of the molecule is CC(C)CNC(=O)C(C)N(Cc1c(Cl)cccc1Cl)C(=O)CN(c1ccc2c(c1)OCO2)S(C)(=O)=O. The molecule has 1 heterocycles. The summed E-state index contributed by atoms with van der Waals surface area (Å²) in [5.74, 6) is 0.0595. The molecular weight excluding hydrogens is 529 g/mol. The second-order valence-corrected chi connectivity index (χ2v) is 11.6. The summed E-state index contributed by atoms with van der Waals surface area (Å²) < 4.78 is 37.0. The van der Waals surface area contributed by atoms with Crippen molar-refractivity contribution in [3.05, 3.63) is 52.0 Å². The summed E-state index contributed by atoms with van der Waals surface area (Å²) in [4.78, 5) is 27.8. The molecule has 0 aromatic heterocycles. The van der Waals surface area contributed by atoms with Gasteiger partial charge in [0.05, 0.1) is 11.9 Å². The molecule has 2 amide bonds. The van der Waals surface area contributed by atoms with E-state index >= 15 is 0 Å². The molecule has 1 atom stereocenters. The van der Waals surface area contributed by atoms with Crippen LogP contribution in [0.4, 0.5) is 5.69 Å². The topological polar surface area (TPSA) is 105 Å². The number of halogens is 2. The zero-order valence-electron chi connectivity index (χ0n) is 20.5. The molecule has 3 rings (SSSR count). The number of rotatable bonds is 10. The van der Waals surface area contributed by atoms with Crippen molar-refractivity contribution in [2.24, 2.45) is 5.92 Å². The van der Waals surface area contributed by atoms with Gasteiger partial charge in [0, 0.05) is 34.8 Å². The second-order valence-electron chi connectivity index (χ2n) is 8.84. The van der Waals surface area contributed by atoms with E-state index in [1.54, 1.807) is 31.2 Å². The third-order valence-corrected chi connectivity index (χ3v) is 7.41. The van der Waals surface area contributed by atoms with Gasteiger partial charge in [0.2, 0.25) is 28.6 Å². The zero-order valence-corrected chi connectivity index (χ0v) is 22.8. The number of amides is 2. The van der Waals surface area contributed by atoms with Crippen molar-refractivity contribution in [1.82, 2.24) is 10.2 Å². The highest BCUT2D eigenvalue weighted by molar-refractivity contribution is 7.92. The molecule has 196 valence electrons. The van der Waals surface area contributed by atoms with Gasteiger partial charge in [-0.05, 0) is 37.1 Å². The number of hydrogen-bond acceptors (Lipinski definition) is 6. The van der Waals surface area contributed by atoms with E-state index in [4.69, 9.17) is 32.7 Å². The first-order chi connectivity index (χ1) is 16.9. The molecule has 0 fully saturated rings. The van der Waals surface area contributed by atoms with Crippen LogP contribution in [0.2, 0.25) is 10.0 Å². The monoisotopic (exact) mass is 557 g/mol. The fourth-order valence-electron chi connectivity index (χ4n) is 3.54. The van der Waals surface area contributed by atoms with E-state index in [0.717, 1.165) is 10.6 Å². The van der Waals surface area contributed by atoms with Crippen LogP contribution in [0.15, 0.2) is 36.4 Å². The Balaban J connectivity index is 1.94. The number of carbonyl (C=O) groups excluding carboxylic acids is 2. The van der Waals surface area contributed by atoms with Crippen LogP contribution >= 0.6 is 23.2 Å². The molecule has 0 saturated carbocycles. The number of anilines is 1. The van der Waals surface area contributed by atoms with Crippen LogP contribution in [-0.4, -0.2) is 57.3 Å². The Kier molecular flexibility index (Phi) is 8.97. The first kappa shape index (κ1) is 27.9. The third kappa shape index (κ3) is 6.74. The molecular formula is C24H29Cl2N3O6S. The molecule has 12 heteroatoms. The minimum atomic E-state index is -3.88. The van der Waals surface area contributed by atoms with Crippen LogP contribution < -0.4 is 19.1 Å². The van der Waals surface area contributed by atoms with Crippen molar-refractivity contribution in [1.29, 1.82) is 0 Å². The first-order valence-electron chi connectivity index (χ1n) is 11.3. The van der Waals surface area contributed by atoms with Crippen molar-refractivity contribution in [2.75, 3.05) is 30.4 Å². The summed E-state index contributed by atoms with van der Waals surface area (Å²) in [5, 5.41) is 3.46. The highest BCUT2D eigenvalue weighted by atomic mass is 35.5. The number of nitrogens with zero attached hydrogens (tertiary/aromatic N) is 2. The van der Waals surface area contributed by atoms with E-state index < -0.39 is 28.5 Å². The zero-order chi connectivity index (χ0) is 26.6. The van der Waals surface area contributed by atoms with Crippen molar-refractivity contribution < 1.29 is 27.5 Å². The molecule has 0 bridgehead atoms. The molecule has 0 spiro atoms. The maximum Gasteiger partial charge on any atom is 0.244 e. The van der Waals surface area contributed by atoms with Crippen molar-refractivity contribution in [3.8, 4) is 11.5 Å². The highest BCUT2D eigenvalue weighted by Crippen LogP contribution is 2.36. The smallest absolute Gasteiger partial charge is 0.244 e. The van der Waals surface area contributed by atoms with E-state index in [9.17, 15) is 18.0 Å². The quantitative estimate of drug-likeness (QED) is 0.477. The number of sulfonamides is 1. The lowest BCUT2D eigenvalue weighted by Gasteiger charge is -2.32. The van der Waals surface area contributed by atoms with Gasteiger partial charge in [-0.3, -0.25) is 13.9 Å². The number of benzene rings is 2. The number of ether oxygens (including phenoxy) is 2. The molecule has 9 nitrogen and oxygen atoms in total. The van der Waals surface area contributed by atoms with Gasteiger partial charge >= 0.3 is 0 Å². The van der Waals surface area contributed by atoms with Gasteiger partial charge in [-0.25, -0.2) is 8.42 Å². The van der Waals surface area contributed by atoms with Crippen LogP contribution in [-0.2, 0) is 26.2 Å². The molecule has 1 aliphatic heterocycles. The van der Waals surface area contributed by atoms with Gasteiger partial charge in [0.25, 0.3) is 0 Å². The molecule has 36 heavy (non-hydrogen) atoms. The minimum Gasteiger partial charge on any atom is -0.454 e. The lowest BCUT2D eigenvalue weighted by molar-refractivity contribution is -0.139. The van der Waals surface area contributed by atoms with E-state index in [-0.39, 0.29) is 30.9 Å². The molecule has 2 aromatic carbocycles. The van der Waals surface area contributed by atoms with Crippen LogP contribution in [0.3, 0.4) is 0 Å². The fraction of sp³-hybridized carbons (Fsp3) is 0.417. The lowest BCUT2D eigenvalue weighted by atomic mass is 10.1. The molecule has 2 aromatic rings. The Hall–Kier alpha value is -2.69. The van der Waals surface area contributed by atoms with Gasteiger partial charge in [-0.1, -0.05) is 43.1 Å². The molecule has 1 aliphatic rings. The minimum absolute atomic E-state index is 0.0198. The Bertz CT molecular complexity index is 1220. The highest BCUT2D eigenvalue weighted by Gasteiger charge is 2.31. The van der Waals surface area contributed by atoms with Crippen molar-refractivity contribution in [3.63, 3.8) is 0 Å². The van der Waals surface area contributed by atoms with Gasteiger partial charge in [0.15, 0.2) is 11.5 Å². The normalized spacial score (nSPS) is 13.4.